The highest BCUT2D eigenvalue weighted by atomic mass is 35.5. The number of halogens is 3. The first kappa shape index (κ1) is 8.17. The lowest BCUT2D eigenvalue weighted by molar-refractivity contribution is -0.777. The highest BCUT2D eigenvalue weighted by Crippen LogP contribution is 2.20. The summed E-state index contributed by atoms with van der Waals surface area (Å²) in [6.07, 6.45) is -3.74. The van der Waals surface area contributed by atoms with E-state index in [1.165, 1.54) is 21.1 Å². The van der Waals surface area contributed by atoms with Crippen LogP contribution in [0.4, 0.5) is 8.63 Å². The maximum atomic E-state index is 12.0. The molecule has 0 fully saturated rings. The molecule has 0 N–H and O–H groups in total. The van der Waals surface area contributed by atoms with Crippen molar-refractivity contribution in [1.82, 2.24) is 0 Å². The summed E-state index contributed by atoms with van der Waals surface area (Å²) >= 11 is 4.71. The van der Waals surface area contributed by atoms with Crippen LogP contribution < -0.4 is 0 Å². The highest BCUT2D eigenvalue weighted by molar-refractivity contribution is 7.07. The van der Waals surface area contributed by atoms with Crippen LogP contribution in [-0.4, -0.2) is 31.8 Å². The largest absolute Gasteiger partial charge is 0.634 e. The summed E-state index contributed by atoms with van der Waals surface area (Å²) in [5, 5.41) is 0. The summed E-state index contributed by atoms with van der Waals surface area (Å²) in [4.78, 5) is 0. The molecule has 0 amide bonds. The van der Waals surface area contributed by atoms with E-state index >= 15 is 0 Å². The van der Waals surface area contributed by atoms with Crippen LogP contribution in [0.3, 0.4) is 0 Å². The molecule has 0 saturated carbocycles. The van der Waals surface area contributed by atoms with E-state index in [0.717, 1.165) is 0 Å². The van der Waals surface area contributed by atoms with E-state index in [-0.39, 0.29) is 0 Å². The molecule has 0 unspecified atom stereocenters. The van der Waals surface area contributed by atoms with Crippen LogP contribution in [0.2, 0.25) is 0 Å². The standard InChI is InChI=1S/C3H9BClF2N/c1-8(2,3)4(5,6)7/h1-3H3. The van der Waals surface area contributed by atoms with Gasteiger partial charge in [0.05, 0.1) is 0 Å². The zero-order valence-corrected chi connectivity index (χ0v) is 5.91. The van der Waals surface area contributed by atoms with Gasteiger partial charge in [-0.15, -0.1) is 0 Å². The molecule has 0 bridgehead atoms. The third-order valence-corrected chi connectivity index (χ3v) is 1.46. The van der Waals surface area contributed by atoms with Crippen LogP contribution in [0, 0.1) is 0 Å². The van der Waals surface area contributed by atoms with E-state index in [1.54, 1.807) is 0 Å². The van der Waals surface area contributed by atoms with Crippen LogP contribution >= 0.6 is 11.5 Å². The molecule has 0 aromatic carbocycles. The fraction of sp³-hybridized carbons (Fsp3) is 1.00. The Balaban J connectivity index is 4.02. The first-order valence-electron chi connectivity index (χ1n) is 2.25. The number of hydrogen-bond donors (Lipinski definition) is 0. The van der Waals surface area contributed by atoms with Gasteiger partial charge in [0.25, 0.3) is 0 Å². The Morgan fingerprint density at radius 2 is 1.38 bits per heavy atom. The molecule has 0 rings (SSSR count). The molecule has 0 aliphatic rings. The monoisotopic (exact) mass is 143 g/mol. The van der Waals surface area contributed by atoms with Crippen molar-refractivity contribution in [2.45, 2.75) is 0 Å². The van der Waals surface area contributed by atoms with Crippen LogP contribution in [0.25, 0.3) is 0 Å². The van der Waals surface area contributed by atoms with Gasteiger partial charge in [0.1, 0.15) is 0 Å². The summed E-state index contributed by atoms with van der Waals surface area (Å²) in [7, 11) is 4.06. The lowest BCUT2D eigenvalue weighted by Crippen LogP contribution is -2.51. The van der Waals surface area contributed by atoms with E-state index in [1.807, 2.05) is 0 Å². The molecule has 0 atom stereocenters. The lowest BCUT2D eigenvalue weighted by atomic mass is 10.1. The maximum absolute atomic E-state index is 12.0. The third kappa shape index (κ3) is 1.96. The minimum atomic E-state index is -3.74. The number of nitrogens with zero attached hydrogens (tertiary/aromatic N) is 1. The van der Waals surface area contributed by atoms with Gasteiger partial charge >= 0.3 is 6.25 Å². The second-order valence-electron chi connectivity index (χ2n) is 2.66. The zero-order valence-electron chi connectivity index (χ0n) is 5.16. The molecule has 0 heterocycles. The SMILES string of the molecule is C[N+](C)(C)[B-](F)(F)Cl. The predicted octanol–water partition coefficient (Wildman–Crippen LogP) is 1.31. The van der Waals surface area contributed by atoms with Crippen LogP contribution in [-0.2, 0) is 0 Å². The average Bonchev–Trinajstić information content (AvgIpc) is 1.25. The van der Waals surface area contributed by atoms with Crippen molar-refractivity contribution in [3.8, 4) is 0 Å². The van der Waals surface area contributed by atoms with Gasteiger partial charge in [0, 0.05) is 21.1 Å². The molecule has 0 aromatic heterocycles. The van der Waals surface area contributed by atoms with Crippen molar-refractivity contribution in [1.29, 1.82) is 0 Å². The van der Waals surface area contributed by atoms with E-state index in [9.17, 15) is 8.63 Å². The fourth-order valence-electron chi connectivity index (χ4n) is 0. The molecule has 0 spiro atoms. The molecule has 1 nitrogen and oxygen atoms in total. The zero-order chi connectivity index (χ0) is 7.00. The molecule has 0 aliphatic carbocycles. The van der Waals surface area contributed by atoms with Crippen molar-refractivity contribution in [3.05, 3.63) is 0 Å². The van der Waals surface area contributed by atoms with Crippen molar-refractivity contribution in [2.24, 2.45) is 0 Å². The molecular weight excluding hydrogens is 134 g/mol. The smallest absolute Gasteiger partial charge is 0.448 e. The summed E-state index contributed by atoms with van der Waals surface area (Å²) in [6.45, 7) is 0. The first-order chi connectivity index (χ1) is 3.25. The minimum Gasteiger partial charge on any atom is -0.448 e. The third-order valence-electron chi connectivity index (χ3n) is 0.878. The van der Waals surface area contributed by atoms with Crippen molar-refractivity contribution >= 4 is 17.7 Å². The molecular formula is C3H9BClF2N. The molecule has 0 aromatic rings. The molecule has 50 valence electrons. The van der Waals surface area contributed by atoms with Gasteiger partial charge < -0.3 is 13.0 Å². The van der Waals surface area contributed by atoms with Gasteiger partial charge in [0.15, 0.2) is 0 Å². The number of quaternary nitrogens is 1. The van der Waals surface area contributed by atoms with E-state index in [4.69, 9.17) is 11.5 Å². The number of rotatable bonds is 1. The highest BCUT2D eigenvalue weighted by Gasteiger charge is 2.38. The van der Waals surface area contributed by atoms with Gasteiger partial charge in [-0.25, -0.2) is 11.5 Å². The van der Waals surface area contributed by atoms with Gasteiger partial charge in [-0.3, -0.25) is 0 Å². The molecule has 0 saturated heterocycles. The summed E-state index contributed by atoms with van der Waals surface area (Å²) < 4.78 is 23.6. The van der Waals surface area contributed by atoms with E-state index < -0.39 is 10.6 Å². The van der Waals surface area contributed by atoms with Crippen molar-refractivity contribution < 1.29 is 13.0 Å². The Morgan fingerprint density at radius 3 is 1.38 bits per heavy atom. The molecule has 5 heteroatoms. The lowest BCUT2D eigenvalue weighted by Gasteiger charge is -2.36. The second-order valence-corrected chi connectivity index (χ2v) is 3.18. The van der Waals surface area contributed by atoms with E-state index in [0.29, 0.717) is 0 Å². The predicted molar refractivity (Wildman–Crippen MR) is 31.9 cm³/mol. The quantitative estimate of drug-likeness (QED) is 0.486. The topological polar surface area (TPSA) is 0 Å². The van der Waals surface area contributed by atoms with Crippen LogP contribution in [0.15, 0.2) is 0 Å². The first-order valence-corrected chi connectivity index (χ1v) is 2.69. The van der Waals surface area contributed by atoms with Crippen molar-refractivity contribution in [2.75, 3.05) is 21.1 Å². The van der Waals surface area contributed by atoms with Gasteiger partial charge in [-0.05, 0) is 0 Å². The average molecular weight is 143 g/mol. The summed E-state index contributed by atoms with van der Waals surface area (Å²) in [5.41, 5.74) is 0. The normalized spacial score (nSPS) is 14.2. The molecule has 0 aliphatic heterocycles. The summed E-state index contributed by atoms with van der Waals surface area (Å²) in [6, 6.07) is 0. The Bertz CT molecular complexity index is 72.3. The summed E-state index contributed by atoms with van der Waals surface area (Å²) in [5.74, 6) is 0. The Kier molecular flexibility index (Phi) is 1.89. The molecule has 0 radical (unpaired) electrons. The van der Waals surface area contributed by atoms with E-state index in [2.05, 4.69) is 0 Å². The Morgan fingerprint density at radius 1 is 1.25 bits per heavy atom. The maximum Gasteiger partial charge on any atom is 0.634 e. The van der Waals surface area contributed by atoms with Gasteiger partial charge in [-0.1, -0.05) is 0 Å². The van der Waals surface area contributed by atoms with Crippen LogP contribution in [0.1, 0.15) is 0 Å². The van der Waals surface area contributed by atoms with Crippen LogP contribution in [0.5, 0.6) is 0 Å². The Hall–Kier alpha value is 0.175. The second kappa shape index (κ2) is 1.85. The molecule has 8 heavy (non-hydrogen) atoms. The number of hydrogen-bond acceptors (Lipinski definition) is 0. The van der Waals surface area contributed by atoms with Gasteiger partial charge in [0.2, 0.25) is 0 Å². The minimum absolute atomic E-state index is 0.485. The van der Waals surface area contributed by atoms with Gasteiger partial charge in [-0.2, -0.15) is 0 Å². The van der Waals surface area contributed by atoms with Crippen molar-refractivity contribution in [3.63, 3.8) is 0 Å². The fourth-order valence-corrected chi connectivity index (χ4v) is 0. The Labute approximate surface area is 52.8 Å².